The van der Waals surface area contributed by atoms with Crippen molar-refractivity contribution in [3.8, 4) is 0 Å². The second kappa shape index (κ2) is 6.39. The van der Waals surface area contributed by atoms with Crippen molar-refractivity contribution in [2.75, 3.05) is 11.9 Å². The molecule has 0 fully saturated rings. The molecule has 0 radical (unpaired) electrons. The van der Waals surface area contributed by atoms with E-state index in [0.29, 0.717) is 5.69 Å². The smallest absolute Gasteiger partial charge is 0.318 e. The number of para-hydroxylation sites is 1. The van der Waals surface area contributed by atoms with Gasteiger partial charge in [-0.1, -0.05) is 12.1 Å². The molecule has 1 unspecified atom stereocenters. The molecule has 1 N–H and O–H groups in total. The first-order valence-corrected chi connectivity index (χ1v) is 6.07. The molecule has 0 spiro atoms. The predicted octanol–water partition coefficient (Wildman–Crippen LogP) is 2.59. The summed E-state index contributed by atoms with van der Waals surface area (Å²) in [5.74, 6) is -1.71. The highest BCUT2D eigenvalue weighted by molar-refractivity contribution is 9.10. The maximum absolute atomic E-state index is 11.7. The van der Waals surface area contributed by atoms with Crippen LogP contribution in [-0.2, 0) is 14.3 Å². The van der Waals surface area contributed by atoms with Crippen LogP contribution in [0.15, 0.2) is 28.7 Å². The molecule has 5 heteroatoms. The molecule has 92 valence electrons. The van der Waals surface area contributed by atoms with E-state index >= 15 is 0 Å². The summed E-state index contributed by atoms with van der Waals surface area (Å²) in [7, 11) is 0. The van der Waals surface area contributed by atoms with E-state index in [-0.39, 0.29) is 12.5 Å². The Hall–Kier alpha value is -1.36. The largest absolute Gasteiger partial charge is 0.465 e. The van der Waals surface area contributed by atoms with Crippen LogP contribution in [0.5, 0.6) is 0 Å². The number of esters is 1. The Morgan fingerprint density at radius 1 is 1.41 bits per heavy atom. The molecule has 1 aromatic carbocycles. The fourth-order valence-electron chi connectivity index (χ4n) is 1.18. The van der Waals surface area contributed by atoms with Gasteiger partial charge in [-0.15, -0.1) is 0 Å². The summed E-state index contributed by atoms with van der Waals surface area (Å²) in [5.41, 5.74) is 0.633. The quantitative estimate of drug-likeness (QED) is 0.687. The van der Waals surface area contributed by atoms with Gasteiger partial charge in [0.05, 0.1) is 12.3 Å². The number of nitrogens with one attached hydrogen (secondary N) is 1. The minimum absolute atomic E-state index is 0.269. The van der Waals surface area contributed by atoms with Crippen LogP contribution in [0, 0.1) is 5.92 Å². The van der Waals surface area contributed by atoms with E-state index in [1.165, 1.54) is 6.92 Å². The summed E-state index contributed by atoms with van der Waals surface area (Å²) < 4.78 is 5.55. The van der Waals surface area contributed by atoms with Gasteiger partial charge in [0.25, 0.3) is 0 Å². The second-order valence-electron chi connectivity index (χ2n) is 3.44. The molecular formula is C12H14BrNO3. The molecule has 1 atom stereocenters. The Bertz CT molecular complexity index is 420. The van der Waals surface area contributed by atoms with Gasteiger partial charge in [0.15, 0.2) is 0 Å². The zero-order valence-corrected chi connectivity index (χ0v) is 11.3. The Kier molecular flexibility index (Phi) is 5.15. The number of anilines is 1. The van der Waals surface area contributed by atoms with E-state index < -0.39 is 11.9 Å². The van der Waals surface area contributed by atoms with Crippen LogP contribution in [0.1, 0.15) is 13.8 Å². The summed E-state index contributed by atoms with van der Waals surface area (Å²) in [6, 6.07) is 7.20. The first-order chi connectivity index (χ1) is 8.06. The molecule has 1 rings (SSSR count). The second-order valence-corrected chi connectivity index (χ2v) is 4.30. The highest BCUT2D eigenvalue weighted by Crippen LogP contribution is 2.21. The molecule has 0 saturated carbocycles. The van der Waals surface area contributed by atoms with Gasteiger partial charge < -0.3 is 10.1 Å². The van der Waals surface area contributed by atoms with Crippen LogP contribution in [0.2, 0.25) is 0 Å². The molecule has 0 bridgehead atoms. The number of hydrogen-bond donors (Lipinski definition) is 1. The fraction of sp³-hybridized carbons (Fsp3) is 0.333. The average Bonchev–Trinajstić information content (AvgIpc) is 2.31. The number of rotatable bonds is 4. The van der Waals surface area contributed by atoms with Crippen molar-refractivity contribution < 1.29 is 14.3 Å². The Morgan fingerprint density at radius 3 is 2.65 bits per heavy atom. The van der Waals surface area contributed by atoms with Crippen LogP contribution >= 0.6 is 15.9 Å². The Morgan fingerprint density at radius 2 is 2.06 bits per heavy atom. The van der Waals surface area contributed by atoms with E-state index in [9.17, 15) is 9.59 Å². The van der Waals surface area contributed by atoms with E-state index in [1.807, 2.05) is 12.1 Å². The number of hydrogen-bond acceptors (Lipinski definition) is 3. The number of ether oxygens (including phenoxy) is 1. The van der Waals surface area contributed by atoms with E-state index in [1.54, 1.807) is 19.1 Å². The zero-order chi connectivity index (χ0) is 12.8. The normalized spacial score (nSPS) is 11.7. The fourth-order valence-corrected chi connectivity index (χ4v) is 1.56. The number of benzene rings is 1. The predicted molar refractivity (Wildman–Crippen MR) is 68.6 cm³/mol. The topological polar surface area (TPSA) is 55.4 Å². The van der Waals surface area contributed by atoms with Crippen LogP contribution in [0.25, 0.3) is 0 Å². The third-order valence-electron chi connectivity index (χ3n) is 2.17. The lowest BCUT2D eigenvalue weighted by molar-refractivity contribution is -0.150. The van der Waals surface area contributed by atoms with Crippen molar-refractivity contribution in [1.82, 2.24) is 0 Å². The highest BCUT2D eigenvalue weighted by atomic mass is 79.9. The number of carbonyl (C=O) groups is 2. The third-order valence-corrected chi connectivity index (χ3v) is 2.86. The SMILES string of the molecule is CCOC(=O)C(C)C(=O)Nc1ccccc1Br. The third kappa shape index (κ3) is 3.85. The van der Waals surface area contributed by atoms with E-state index in [4.69, 9.17) is 4.74 Å². The minimum Gasteiger partial charge on any atom is -0.465 e. The van der Waals surface area contributed by atoms with Gasteiger partial charge >= 0.3 is 5.97 Å². The van der Waals surface area contributed by atoms with Gasteiger partial charge in [0.2, 0.25) is 5.91 Å². The lowest BCUT2D eigenvalue weighted by atomic mass is 10.1. The van der Waals surface area contributed by atoms with Crippen molar-refractivity contribution in [2.45, 2.75) is 13.8 Å². The van der Waals surface area contributed by atoms with Crippen LogP contribution < -0.4 is 5.32 Å². The summed E-state index contributed by atoms with van der Waals surface area (Å²) in [4.78, 5) is 23.1. The molecule has 4 nitrogen and oxygen atoms in total. The lowest BCUT2D eigenvalue weighted by Crippen LogP contribution is -2.28. The highest BCUT2D eigenvalue weighted by Gasteiger charge is 2.22. The van der Waals surface area contributed by atoms with Crippen molar-refractivity contribution >= 4 is 33.5 Å². The standard InChI is InChI=1S/C12H14BrNO3/c1-3-17-12(16)8(2)11(15)14-10-7-5-4-6-9(10)13/h4-8H,3H2,1-2H3,(H,14,15). The van der Waals surface area contributed by atoms with Gasteiger partial charge in [0, 0.05) is 4.47 Å². The van der Waals surface area contributed by atoms with Crippen LogP contribution in [0.4, 0.5) is 5.69 Å². The molecule has 0 aliphatic rings. The van der Waals surface area contributed by atoms with E-state index in [2.05, 4.69) is 21.2 Å². The first kappa shape index (κ1) is 13.7. The van der Waals surface area contributed by atoms with Crippen LogP contribution in [0.3, 0.4) is 0 Å². The van der Waals surface area contributed by atoms with E-state index in [0.717, 1.165) is 4.47 Å². The molecule has 0 aromatic heterocycles. The van der Waals surface area contributed by atoms with Gasteiger partial charge in [-0.25, -0.2) is 0 Å². The van der Waals surface area contributed by atoms with Crippen molar-refractivity contribution in [3.05, 3.63) is 28.7 Å². The maximum atomic E-state index is 11.7. The Labute approximate surface area is 108 Å². The molecule has 1 amide bonds. The minimum atomic E-state index is -0.818. The molecule has 0 aliphatic heterocycles. The maximum Gasteiger partial charge on any atom is 0.318 e. The summed E-state index contributed by atoms with van der Waals surface area (Å²) >= 11 is 3.31. The molecule has 0 aliphatic carbocycles. The van der Waals surface area contributed by atoms with Gasteiger partial charge in [-0.3, -0.25) is 9.59 Å². The molecule has 0 saturated heterocycles. The molecular weight excluding hydrogens is 286 g/mol. The van der Waals surface area contributed by atoms with Crippen LogP contribution in [-0.4, -0.2) is 18.5 Å². The monoisotopic (exact) mass is 299 g/mol. The number of halogens is 1. The average molecular weight is 300 g/mol. The molecule has 0 heterocycles. The first-order valence-electron chi connectivity index (χ1n) is 5.28. The van der Waals surface area contributed by atoms with Gasteiger partial charge in [-0.05, 0) is 41.9 Å². The van der Waals surface area contributed by atoms with Crippen molar-refractivity contribution in [2.24, 2.45) is 5.92 Å². The summed E-state index contributed by atoms with van der Waals surface area (Å²) in [6.07, 6.45) is 0. The summed E-state index contributed by atoms with van der Waals surface area (Å²) in [6.45, 7) is 3.49. The van der Waals surface area contributed by atoms with Gasteiger partial charge in [-0.2, -0.15) is 0 Å². The number of carbonyl (C=O) groups excluding carboxylic acids is 2. The molecule has 17 heavy (non-hydrogen) atoms. The number of amides is 1. The summed E-state index contributed by atoms with van der Waals surface area (Å²) in [5, 5.41) is 2.66. The molecule has 1 aromatic rings. The van der Waals surface area contributed by atoms with Crippen molar-refractivity contribution in [1.29, 1.82) is 0 Å². The van der Waals surface area contributed by atoms with Crippen molar-refractivity contribution in [3.63, 3.8) is 0 Å². The Balaban J connectivity index is 2.67. The zero-order valence-electron chi connectivity index (χ0n) is 9.70. The van der Waals surface area contributed by atoms with Gasteiger partial charge in [0.1, 0.15) is 5.92 Å². The lowest BCUT2D eigenvalue weighted by Gasteiger charge is -2.12.